The van der Waals surface area contributed by atoms with Gasteiger partial charge in [-0.2, -0.15) is 0 Å². The maximum absolute atomic E-state index is 12.5. The number of rotatable bonds is 0. The van der Waals surface area contributed by atoms with E-state index in [1.807, 2.05) is 31.2 Å². The van der Waals surface area contributed by atoms with E-state index in [1.165, 1.54) is 5.56 Å². The molecule has 18 heavy (non-hydrogen) atoms. The molecule has 0 atom stereocenters. The molecule has 0 saturated carbocycles. The zero-order chi connectivity index (χ0) is 12.7. The summed E-state index contributed by atoms with van der Waals surface area (Å²) in [6, 6.07) is 10.1. The van der Waals surface area contributed by atoms with E-state index >= 15 is 0 Å². The molecule has 2 aromatic rings. The van der Waals surface area contributed by atoms with E-state index in [1.54, 1.807) is 0 Å². The van der Waals surface area contributed by atoms with Crippen molar-refractivity contribution in [1.82, 2.24) is 4.98 Å². The van der Waals surface area contributed by atoms with Crippen molar-refractivity contribution in [3.8, 4) is 0 Å². The number of ketones is 1. The Kier molecular flexibility index (Phi) is 2.51. The summed E-state index contributed by atoms with van der Waals surface area (Å²) in [5.74, 6) is 0.0706. The Morgan fingerprint density at radius 2 is 1.78 bits per heavy atom. The van der Waals surface area contributed by atoms with E-state index in [-0.39, 0.29) is 5.78 Å². The van der Waals surface area contributed by atoms with Crippen molar-refractivity contribution < 1.29 is 4.79 Å². The van der Waals surface area contributed by atoms with Gasteiger partial charge in [0, 0.05) is 11.3 Å². The molecule has 1 aliphatic carbocycles. The van der Waals surface area contributed by atoms with Crippen molar-refractivity contribution in [2.75, 3.05) is 0 Å². The molecule has 0 bridgehead atoms. The number of fused-ring (bicyclic) bond motifs is 2. The van der Waals surface area contributed by atoms with Crippen LogP contribution in [-0.4, -0.2) is 10.8 Å². The van der Waals surface area contributed by atoms with Crippen LogP contribution in [0.25, 0.3) is 0 Å². The molecule has 1 aliphatic rings. The quantitative estimate of drug-likeness (QED) is 0.705. The van der Waals surface area contributed by atoms with Crippen LogP contribution >= 0.6 is 0 Å². The summed E-state index contributed by atoms with van der Waals surface area (Å²) in [6.45, 7) is 3.99. The van der Waals surface area contributed by atoms with Crippen LogP contribution in [0.5, 0.6) is 0 Å². The molecular formula is C16H15NO. The van der Waals surface area contributed by atoms with E-state index in [0.717, 1.165) is 35.2 Å². The number of benzene rings is 1. The first-order chi connectivity index (χ1) is 8.65. The number of aromatic nitrogens is 1. The van der Waals surface area contributed by atoms with Gasteiger partial charge in [-0.15, -0.1) is 0 Å². The Balaban J connectivity index is 2.20. The van der Waals surface area contributed by atoms with Crippen LogP contribution in [0, 0.1) is 13.8 Å². The topological polar surface area (TPSA) is 30.0 Å². The Labute approximate surface area is 107 Å². The molecular weight excluding hydrogens is 222 g/mol. The summed E-state index contributed by atoms with van der Waals surface area (Å²) in [6.07, 6.45) is 1.81. The van der Waals surface area contributed by atoms with E-state index < -0.39 is 0 Å². The van der Waals surface area contributed by atoms with Gasteiger partial charge in [-0.3, -0.25) is 4.79 Å². The highest BCUT2D eigenvalue weighted by Gasteiger charge is 2.22. The summed E-state index contributed by atoms with van der Waals surface area (Å²) in [4.78, 5) is 17.0. The number of nitrogens with zero attached hydrogens (tertiary/aromatic N) is 1. The number of aryl methyl sites for hydroxylation is 4. The minimum Gasteiger partial charge on any atom is -0.287 e. The third-order valence-corrected chi connectivity index (χ3v) is 3.50. The van der Waals surface area contributed by atoms with E-state index in [4.69, 9.17) is 0 Å². The molecule has 0 radical (unpaired) electrons. The fraction of sp³-hybridized carbons (Fsp3) is 0.250. The average molecular weight is 237 g/mol. The van der Waals surface area contributed by atoms with Gasteiger partial charge in [0.25, 0.3) is 0 Å². The second-order valence-electron chi connectivity index (χ2n) is 4.95. The van der Waals surface area contributed by atoms with Crippen LogP contribution in [0.1, 0.15) is 38.4 Å². The average Bonchev–Trinajstić information content (AvgIpc) is 2.48. The largest absolute Gasteiger partial charge is 0.287 e. The van der Waals surface area contributed by atoms with Crippen LogP contribution in [0.2, 0.25) is 0 Å². The molecule has 0 amide bonds. The lowest BCUT2D eigenvalue weighted by atomic mass is 9.99. The number of pyridine rings is 1. The standard InChI is InChI=1S/C16H15NO/c1-10-3-8-14-13(9-10)7-6-12-5-4-11(2)17-15(12)16(14)18/h3-5,8-9H,6-7H2,1-2H3. The summed E-state index contributed by atoms with van der Waals surface area (Å²) >= 11 is 0. The van der Waals surface area contributed by atoms with Crippen molar-refractivity contribution in [3.05, 3.63) is 64.0 Å². The van der Waals surface area contributed by atoms with E-state index in [0.29, 0.717) is 5.69 Å². The SMILES string of the molecule is Cc1ccc2c(c1)CCc1ccc(C)nc1C2=O. The van der Waals surface area contributed by atoms with Gasteiger partial charge in [-0.1, -0.05) is 29.8 Å². The molecule has 0 spiro atoms. The predicted octanol–water partition coefficient (Wildman–Crippen LogP) is 3.03. The van der Waals surface area contributed by atoms with Gasteiger partial charge in [-0.25, -0.2) is 4.98 Å². The first-order valence-corrected chi connectivity index (χ1v) is 6.26. The number of hydrogen-bond donors (Lipinski definition) is 0. The van der Waals surface area contributed by atoms with Crippen LogP contribution in [-0.2, 0) is 12.8 Å². The van der Waals surface area contributed by atoms with E-state index in [9.17, 15) is 4.79 Å². The van der Waals surface area contributed by atoms with Gasteiger partial charge in [0.1, 0.15) is 5.69 Å². The maximum atomic E-state index is 12.5. The van der Waals surface area contributed by atoms with Crippen molar-refractivity contribution in [2.45, 2.75) is 26.7 Å². The molecule has 1 aromatic carbocycles. The monoisotopic (exact) mass is 237 g/mol. The highest BCUT2D eigenvalue weighted by atomic mass is 16.1. The summed E-state index contributed by atoms with van der Waals surface area (Å²) in [5.41, 5.74) is 5.78. The predicted molar refractivity (Wildman–Crippen MR) is 71.0 cm³/mol. The lowest BCUT2D eigenvalue weighted by Gasteiger charge is -2.05. The normalized spacial score (nSPS) is 13.8. The van der Waals surface area contributed by atoms with Gasteiger partial charge >= 0.3 is 0 Å². The van der Waals surface area contributed by atoms with Gasteiger partial charge in [-0.05, 0) is 43.9 Å². The first kappa shape index (κ1) is 11.1. The van der Waals surface area contributed by atoms with Gasteiger partial charge < -0.3 is 0 Å². The molecule has 1 heterocycles. The van der Waals surface area contributed by atoms with Crippen LogP contribution in [0.4, 0.5) is 0 Å². The second kappa shape index (κ2) is 4.05. The molecule has 2 heteroatoms. The summed E-state index contributed by atoms with van der Waals surface area (Å²) < 4.78 is 0. The first-order valence-electron chi connectivity index (χ1n) is 6.26. The molecule has 0 aliphatic heterocycles. The third-order valence-electron chi connectivity index (χ3n) is 3.50. The van der Waals surface area contributed by atoms with Crippen LogP contribution in [0.3, 0.4) is 0 Å². The Bertz CT molecular complexity index is 644. The third kappa shape index (κ3) is 1.74. The van der Waals surface area contributed by atoms with Gasteiger partial charge in [0.2, 0.25) is 5.78 Å². The molecule has 0 fully saturated rings. The summed E-state index contributed by atoms with van der Waals surface area (Å²) in [5, 5.41) is 0. The van der Waals surface area contributed by atoms with Crippen LogP contribution in [0.15, 0.2) is 30.3 Å². The highest BCUT2D eigenvalue weighted by Crippen LogP contribution is 2.24. The zero-order valence-electron chi connectivity index (χ0n) is 10.7. The molecule has 0 saturated heterocycles. The van der Waals surface area contributed by atoms with Crippen molar-refractivity contribution in [2.24, 2.45) is 0 Å². The van der Waals surface area contributed by atoms with Crippen LogP contribution < -0.4 is 0 Å². The molecule has 3 rings (SSSR count). The van der Waals surface area contributed by atoms with Gasteiger partial charge in [0.05, 0.1) is 0 Å². The highest BCUT2D eigenvalue weighted by molar-refractivity contribution is 6.10. The maximum Gasteiger partial charge on any atom is 0.211 e. The fourth-order valence-corrected chi connectivity index (χ4v) is 2.53. The molecule has 0 unspecified atom stereocenters. The second-order valence-corrected chi connectivity index (χ2v) is 4.95. The molecule has 2 nitrogen and oxygen atoms in total. The Morgan fingerprint density at radius 1 is 1.00 bits per heavy atom. The van der Waals surface area contributed by atoms with Crippen molar-refractivity contribution >= 4 is 5.78 Å². The summed E-state index contributed by atoms with van der Waals surface area (Å²) in [7, 11) is 0. The fourth-order valence-electron chi connectivity index (χ4n) is 2.53. The zero-order valence-corrected chi connectivity index (χ0v) is 10.7. The molecule has 0 N–H and O–H groups in total. The molecule has 1 aromatic heterocycles. The lowest BCUT2D eigenvalue weighted by Crippen LogP contribution is -2.07. The minimum atomic E-state index is 0.0706. The molecule has 90 valence electrons. The number of hydrogen-bond acceptors (Lipinski definition) is 2. The van der Waals surface area contributed by atoms with Crippen molar-refractivity contribution in [1.29, 1.82) is 0 Å². The Morgan fingerprint density at radius 3 is 2.61 bits per heavy atom. The Hall–Kier alpha value is -1.96. The van der Waals surface area contributed by atoms with Gasteiger partial charge in [0.15, 0.2) is 0 Å². The lowest BCUT2D eigenvalue weighted by molar-refractivity contribution is 0.103. The number of carbonyl (C=O) groups is 1. The van der Waals surface area contributed by atoms with Crippen molar-refractivity contribution in [3.63, 3.8) is 0 Å². The van der Waals surface area contributed by atoms with E-state index in [2.05, 4.69) is 18.0 Å². The minimum absolute atomic E-state index is 0.0706. The smallest absolute Gasteiger partial charge is 0.211 e. The number of carbonyl (C=O) groups excluding carboxylic acids is 1.